The molecule has 0 atom stereocenters. The number of hydrogen-bond donors (Lipinski definition) is 1. The number of alkyl halides is 6. The average Bonchev–Trinajstić information content (AvgIpc) is 2.69. The van der Waals surface area contributed by atoms with Crippen LogP contribution in [0.3, 0.4) is 0 Å². The first-order valence-electron chi connectivity index (χ1n) is 10.1. The van der Waals surface area contributed by atoms with E-state index in [9.17, 15) is 43.2 Å². The molecule has 6 nitrogen and oxygen atoms in total. The predicted molar refractivity (Wildman–Crippen MR) is 113 cm³/mol. The van der Waals surface area contributed by atoms with Gasteiger partial charge < -0.3 is 4.74 Å². The summed E-state index contributed by atoms with van der Waals surface area (Å²) in [6.07, 6.45) is -9.45. The van der Waals surface area contributed by atoms with Gasteiger partial charge >= 0.3 is 12.5 Å². The van der Waals surface area contributed by atoms with E-state index in [0.29, 0.717) is 6.07 Å². The summed E-state index contributed by atoms with van der Waals surface area (Å²) in [5.74, 6) is -1.15. The molecule has 0 heterocycles. The van der Waals surface area contributed by atoms with Crippen molar-refractivity contribution in [2.24, 2.45) is 5.92 Å². The molecule has 0 bridgehead atoms. The molecule has 0 saturated heterocycles. The third kappa shape index (κ3) is 5.92. The lowest BCUT2D eigenvalue weighted by molar-refractivity contribution is -0.274. The lowest BCUT2D eigenvalue weighted by Gasteiger charge is -2.44. The van der Waals surface area contributed by atoms with E-state index in [2.05, 4.69) is 9.46 Å². The molecule has 0 spiro atoms. The van der Waals surface area contributed by atoms with E-state index in [0.717, 1.165) is 42.5 Å². The molecule has 194 valence electrons. The lowest BCUT2D eigenvalue weighted by atomic mass is 9.73. The van der Waals surface area contributed by atoms with Crippen molar-refractivity contribution in [3.05, 3.63) is 54.1 Å². The van der Waals surface area contributed by atoms with Crippen LogP contribution in [0.5, 0.6) is 5.75 Å². The van der Waals surface area contributed by atoms with E-state index in [4.69, 9.17) is 0 Å². The molecule has 1 aliphatic rings. The molecule has 0 unspecified atom stereocenters. The van der Waals surface area contributed by atoms with Gasteiger partial charge in [0, 0.05) is 6.04 Å². The maximum Gasteiger partial charge on any atom is 0.573 e. The molecule has 14 heteroatoms. The molecule has 1 fully saturated rings. The van der Waals surface area contributed by atoms with Gasteiger partial charge in [-0.3, -0.25) is 0 Å². The van der Waals surface area contributed by atoms with Gasteiger partial charge in [0.1, 0.15) is 5.75 Å². The minimum absolute atomic E-state index is 0.0969. The van der Waals surface area contributed by atoms with Crippen molar-refractivity contribution in [1.29, 1.82) is 0 Å². The Morgan fingerprint density at radius 3 is 1.94 bits per heavy atom. The summed E-state index contributed by atoms with van der Waals surface area (Å²) in [6.45, 7) is 2.74. The van der Waals surface area contributed by atoms with Crippen molar-refractivity contribution in [2.45, 2.75) is 59.8 Å². The van der Waals surface area contributed by atoms with Gasteiger partial charge in [-0.05, 0) is 75.1 Å². The van der Waals surface area contributed by atoms with Crippen LogP contribution in [-0.4, -0.2) is 34.0 Å². The van der Waals surface area contributed by atoms with Gasteiger partial charge in [0.2, 0.25) is 10.0 Å². The molecule has 35 heavy (non-hydrogen) atoms. The van der Waals surface area contributed by atoms with E-state index in [1.165, 1.54) is 13.8 Å². The summed E-state index contributed by atoms with van der Waals surface area (Å²) in [7, 11) is -8.32. The van der Waals surface area contributed by atoms with Gasteiger partial charge in [-0.1, -0.05) is 6.07 Å². The smallest absolute Gasteiger partial charge is 0.406 e. The Morgan fingerprint density at radius 1 is 0.857 bits per heavy atom. The largest absolute Gasteiger partial charge is 0.573 e. The molecule has 0 aromatic heterocycles. The summed E-state index contributed by atoms with van der Waals surface area (Å²) >= 11 is 0. The molecule has 2 aromatic rings. The quantitative estimate of drug-likeness (QED) is 0.500. The molecular weight excluding hydrogens is 524 g/mol. The first-order chi connectivity index (χ1) is 15.8. The van der Waals surface area contributed by atoms with Crippen LogP contribution in [0.2, 0.25) is 0 Å². The maximum atomic E-state index is 13.1. The maximum absolute atomic E-state index is 13.1. The second-order valence-corrected chi connectivity index (χ2v) is 12.9. The number of sulfonamides is 1. The Morgan fingerprint density at radius 2 is 1.43 bits per heavy atom. The molecule has 1 aliphatic carbocycles. The Labute approximate surface area is 198 Å². The van der Waals surface area contributed by atoms with Gasteiger partial charge in [0.25, 0.3) is 0 Å². The highest BCUT2D eigenvalue weighted by molar-refractivity contribution is 7.92. The lowest BCUT2D eigenvalue weighted by Crippen LogP contribution is -2.53. The van der Waals surface area contributed by atoms with Gasteiger partial charge in [-0.15, -0.1) is 13.2 Å². The van der Waals surface area contributed by atoms with E-state index in [-0.39, 0.29) is 17.7 Å². The number of rotatable bonds is 7. The second kappa shape index (κ2) is 8.96. The first kappa shape index (κ1) is 27.3. The highest BCUT2D eigenvalue weighted by Gasteiger charge is 2.49. The van der Waals surface area contributed by atoms with Crippen molar-refractivity contribution in [2.75, 3.05) is 0 Å². The Bertz CT molecular complexity index is 1280. The zero-order valence-corrected chi connectivity index (χ0v) is 19.9. The monoisotopic (exact) mass is 545 g/mol. The zero-order chi connectivity index (χ0) is 26.4. The van der Waals surface area contributed by atoms with Crippen LogP contribution in [0.15, 0.2) is 58.3 Å². The summed E-state index contributed by atoms with van der Waals surface area (Å²) in [4.78, 5) is -0.797. The number of ether oxygens (including phenoxy) is 1. The minimum atomic E-state index is -4.93. The molecule has 2 aromatic carbocycles. The van der Waals surface area contributed by atoms with E-state index >= 15 is 0 Å². The normalized spacial score (nSPS) is 19.8. The zero-order valence-electron chi connectivity index (χ0n) is 18.3. The molecular formula is C21H21F6NO5S2. The van der Waals surface area contributed by atoms with Crippen LogP contribution in [0.1, 0.15) is 32.3 Å². The third-order valence-corrected chi connectivity index (χ3v) is 10.1. The number of halogens is 6. The van der Waals surface area contributed by atoms with Gasteiger partial charge in [-0.25, -0.2) is 21.6 Å². The summed E-state index contributed by atoms with van der Waals surface area (Å²) in [5, 5.41) is 0. The predicted octanol–water partition coefficient (Wildman–Crippen LogP) is 4.91. The van der Waals surface area contributed by atoms with Crippen LogP contribution in [0.25, 0.3) is 0 Å². The van der Waals surface area contributed by atoms with Crippen molar-refractivity contribution in [1.82, 2.24) is 4.72 Å². The molecule has 0 radical (unpaired) electrons. The molecule has 1 saturated carbocycles. The van der Waals surface area contributed by atoms with Gasteiger partial charge in [-0.2, -0.15) is 13.2 Å². The fourth-order valence-electron chi connectivity index (χ4n) is 3.75. The Balaban J connectivity index is 1.69. The van der Waals surface area contributed by atoms with Gasteiger partial charge in [0.15, 0.2) is 9.84 Å². The molecule has 1 N–H and O–H groups in total. The van der Waals surface area contributed by atoms with Crippen molar-refractivity contribution in [3.8, 4) is 5.75 Å². The summed E-state index contributed by atoms with van der Waals surface area (Å²) in [5.41, 5.74) is -1.10. The van der Waals surface area contributed by atoms with Crippen LogP contribution in [0.4, 0.5) is 26.3 Å². The number of sulfone groups is 1. The second-order valence-electron chi connectivity index (χ2n) is 8.64. The highest BCUT2D eigenvalue weighted by atomic mass is 32.2. The van der Waals surface area contributed by atoms with Crippen LogP contribution < -0.4 is 9.46 Å². The molecule has 0 aliphatic heterocycles. The van der Waals surface area contributed by atoms with E-state index < -0.39 is 65.3 Å². The highest BCUT2D eigenvalue weighted by Crippen LogP contribution is 2.44. The number of nitrogens with one attached hydrogen (secondary N) is 1. The number of benzene rings is 2. The standard InChI is InChI=1S/C21H21F6NO5S2/c1-19(2,34(29,30)18-5-3-4-13(12-18)20(22,23)24)14-10-15(11-14)28-35(31,32)17-8-6-16(7-9-17)33-21(25,26)27/h3-9,12,14-15,28H,10-11H2,1-2H3/t14-,15-. The summed E-state index contributed by atoms with van der Waals surface area (Å²) < 4.78 is 132. The third-order valence-electron chi connectivity index (χ3n) is 5.97. The van der Waals surface area contributed by atoms with E-state index in [1.54, 1.807) is 0 Å². The number of hydrogen-bond acceptors (Lipinski definition) is 5. The first-order valence-corrected chi connectivity index (χ1v) is 13.1. The fraction of sp³-hybridized carbons (Fsp3) is 0.429. The van der Waals surface area contributed by atoms with Crippen molar-refractivity contribution >= 4 is 19.9 Å². The van der Waals surface area contributed by atoms with Crippen LogP contribution in [-0.2, 0) is 26.0 Å². The van der Waals surface area contributed by atoms with Crippen molar-refractivity contribution in [3.63, 3.8) is 0 Å². The van der Waals surface area contributed by atoms with E-state index in [1.807, 2.05) is 0 Å². The van der Waals surface area contributed by atoms with Crippen molar-refractivity contribution < 1.29 is 47.9 Å². The topological polar surface area (TPSA) is 89.5 Å². The molecule has 0 amide bonds. The Hall–Kier alpha value is -2.32. The average molecular weight is 546 g/mol. The summed E-state index contributed by atoms with van der Waals surface area (Å²) in [6, 6.07) is 6.32. The van der Waals surface area contributed by atoms with Crippen LogP contribution >= 0.6 is 0 Å². The van der Waals surface area contributed by atoms with Crippen LogP contribution in [0, 0.1) is 5.92 Å². The SMILES string of the molecule is CC(C)([C@H]1C[C@H](NS(=O)(=O)c2ccc(OC(F)(F)F)cc2)C1)S(=O)(=O)c1cccc(C(F)(F)F)c1. The van der Waals surface area contributed by atoms with Gasteiger partial charge in [0.05, 0.1) is 20.1 Å². The minimum Gasteiger partial charge on any atom is -0.406 e. The molecule has 3 rings (SSSR count). The fourth-order valence-corrected chi connectivity index (χ4v) is 6.79. The Kier molecular flexibility index (Phi) is 6.98.